The van der Waals surface area contributed by atoms with Gasteiger partial charge in [0.25, 0.3) is 0 Å². The molecule has 0 aliphatic heterocycles. The van der Waals surface area contributed by atoms with Crippen LogP contribution in [0.2, 0.25) is 0 Å². The summed E-state index contributed by atoms with van der Waals surface area (Å²) < 4.78 is 3.67. The van der Waals surface area contributed by atoms with Crippen LogP contribution in [-0.2, 0) is 13.1 Å². The maximum Gasteiger partial charge on any atom is 0.191 e. The Hall–Kier alpha value is -3.16. The van der Waals surface area contributed by atoms with Gasteiger partial charge in [0.2, 0.25) is 0 Å². The molecule has 0 aliphatic rings. The Morgan fingerprint density at radius 2 is 2.00 bits per heavy atom. The summed E-state index contributed by atoms with van der Waals surface area (Å²) in [5.74, 6) is 1.60. The highest BCUT2D eigenvalue weighted by atomic mass is 15.3. The van der Waals surface area contributed by atoms with Gasteiger partial charge in [-0.25, -0.2) is 14.7 Å². The van der Waals surface area contributed by atoms with E-state index in [1.807, 2.05) is 41.3 Å². The molecule has 0 fully saturated rings. The van der Waals surface area contributed by atoms with Crippen LogP contribution < -0.4 is 10.6 Å². The van der Waals surface area contributed by atoms with Gasteiger partial charge in [0.1, 0.15) is 0 Å². The Morgan fingerprint density at radius 3 is 2.77 bits per heavy atom. The van der Waals surface area contributed by atoms with E-state index in [0.717, 1.165) is 43.4 Å². The van der Waals surface area contributed by atoms with Gasteiger partial charge in [0.15, 0.2) is 11.8 Å². The highest BCUT2D eigenvalue weighted by Crippen LogP contribution is 2.07. The summed E-state index contributed by atoms with van der Waals surface area (Å²) in [7, 11) is 0. The molecule has 0 amide bonds. The number of aryl methyl sites for hydroxylation is 1. The zero-order valence-corrected chi connectivity index (χ0v) is 14.9. The summed E-state index contributed by atoms with van der Waals surface area (Å²) >= 11 is 0. The van der Waals surface area contributed by atoms with Crippen molar-refractivity contribution >= 4 is 5.96 Å². The summed E-state index contributed by atoms with van der Waals surface area (Å²) in [6.07, 6.45) is 10.1. The van der Waals surface area contributed by atoms with Crippen LogP contribution in [-0.4, -0.2) is 43.6 Å². The summed E-state index contributed by atoms with van der Waals surface area (Å²) in [6, 6.07) is 7.78. The zero-order valence-electron chi connectivity index (χ0n) is 14.9. The van der Waals surface area contributed by atoms with Gasteiger partial charge in [-0.1, -0.05) is 0 Å². The van der Waals surface area contributed by atoms with Crippen molar-refractivity contribution < 1.29 is 0 Å². The molecule has 0 aliphatic carbocycles. The third-order valence-corrected chi connectivity index (χ3v) is 3.73. The second-order valence-electron chi connectivity index (χ2n) is 5.72. The van der Waals surface area contributed by atoms with E-state index in [-0.39, 0.29) is 0 Å². The molecule has 3 aromatic heterocycles. The molecule has 0 saturated heterocycles. The first-order valence-electron chi connectivity index (χ1n) is 8.79. The van der Waals surface area contributed by atoms with Crippen LogP contribution in [0, 0.1) is 0 Å². The molecule has 0 atom stereocenters. The average molecular weight is 352 g/mol. The van der Waals surface area contributed by atoms with Gasteiger partial charge < -0.3 is 10.6 Å². The second kappa shape index (κ2) is 9.36. The highest BCUT2D eigenvalue weighted by Gasteiger charge is 2.01. The summed E-state index contributed by atoms with van der Waals surface area (Å²) in [5.41, 5.74) is 1.08. The predicted molar refractivity (Wildman–Crippen MR) is 101 cm³/mol. The van der Waals surface area contributed by atoms with Crippen molar-refractivity contribution in [1.82, 2.24) is 35.2 Å². The molecule has 0 saturated carbocycles. The highest BCUT2D eigenvalue weighted by molar-refractivity contribution is 5.79. The molecule has 0 unspecified atom stereocenters. The smallest absolute Gasteiger partial charge is 0.191 e. The number of pyridine rings is 1. The fraction of sp³-hybridized carbons (Fsp3) is 0.333. The number of nitrogens with zero attached hydrogens (tertiary/aromatic N) is 6. The van der Waals surface area contributed by atoms with Gasteiger partial charge in [0.05, 0.1) is 6.54 Å². The van der Waals surface area contributed by atoms with Crippen molar-refractivity contribution in [2.75, 3.05) is 13.1 Å². The van der Waals surface area contributed by atoms with Crippen molar-refractivity contribution in [1.29, 1.82) is 0 Å². The number of hydrogen-bond acceptors (Lipinski definition) is 4. The maximum atomic E-state index is 4.66. The summed E-state index contributed by atoms with van der Waals surface area (Å²) in [5, 5.41) is 15.0. The fourth-order valence-corrected chi connectivity index (χ4v) is 2.48. The van der Waals surface area contributed by atoms with Crippen LogP contribution in [0.15, 0.2) is 60.2 Å². The van der Waals surface area contributed by atoms with Crippen molar-refractivity contribution in [3.05, 3.63) is 60.8 Å². The average Bonchev–Trinajstić information content (AvgIpc) is 3.37. The molecule has 0 aromatic carbocycles. The Morgan fingerprint density at radius 1 is 1.12 bits per heavy atom. The maximum absolute atomic E-state index is 4.66. The number of aromatic nitrogens is 5. The van der Waals surface area contributed by atoms with Gasteiger partial charge in [-0.3, -0.25) is 4.68 Å². The zero-order chi connectivity index (χ0) is 18.0. The first-order valence-corrected chi connectivity index (χ1v) is 8.79. The van der Waals surface area contributed by atoms with Crippen molar-refractivity contribution in [3.8, 4) is 5.82 Å². The SMILES string of the molecule is CCNC(=NCc1ccnc(-n2cccn2)c1)NCCCn1cccn1. The molecule has 3 aromatic rings. The van der Waals surface area contributed by atoms with Crippen LogP contribution in [0.25, 0.3) is 5.82 Å². The topological polar surface area (TPSA) is 85.0 Å². The molecule has 2 N–H and O–H groups in total. The normalized spacial score (nSPS) is 11.5. The van der Waals surface area contributed by atoms with Gasteiger partial charge in [-0.15, -0.1) is 0 Å². The fourth-order valence-electron chi connectivity index (χ4n) is 2.48. The Balaban J connectivity index is 1.54. The first-order chi connectivity index (χ1) is 12.8. The molecule has 8 nitrogen and oxygen atoms in total. The molecular weight excluding hydrogens is 328 g/mol. The van der Waals surface area contributed by atoms with Gasteiger partial charge in [-0.05, 0) is 43.2 Å². The molecule has 0 radical (unpaired) electrons. The van der Waals surface area contributed by atoms with E-state index in [2.05, 4.69) is 37.7 Å². The molecule has 3 heterocycles. The molecule has 8 heteroatoms. The van der Waals surface area contributed by atoms with E-state index in [0.29, 0.717) is 6.54 Å². The summed E-state index contributed by atoms with van der Waals surface area (Å²) in [4.78, 5) is 9.00. The number of aliphatic imine (C=N–C) groups is 1. The molecule has 3 rings (SSSR count). The van der Waals surface area contributed by atoms with Crippen LogP contribution in [0.5, 0.6) is 0 Å². The Bertz CT molecular complexity index is 792. The van der Waals surface area contributed by atoms with Crippen molar-refractivity contribution in [2.24, 2.45) is 4.99 Å². The van der Waals surface area contributed by atoms with Gasteiger partial charge >= 0.3 is 0 Å². The molecule has 136 valence electrons. The first kappa shape index (κ1) is 17.7. The lowest BCUT2D eigenvalue weighted by Crippen LogP contribution is -2.38. The number of guanidine groups is 1. The lowest BCUT2D eigenvalue weighted by atomic mass is 10.2. The molecular formula is C18H24N8. The van der Waals surface area contributed by atoms with E-state index in [9.17, 15) is 0 Å². The van der Waals surface area contributed by atoms with Crippen LogP contribution in [0.4, 0.5) is 0 Å². The quantitative estimate of drug-likeness (QED) is 0.365. The van der Waals surface area contributed by atoms with Crippen LogP contribution >= 0.6 is 0 Å². The van der Waals surface area contributed by atoms with Crippen molar-refractivity contribution in [3.63, 3.8) is 0 Å². The number of hydrogen-bond donors (Lipinski definition) is 2. The largest absolute Gasteiger partial charge is 0.357 e. The van der Waals surface area contributed by atoms with Crippen LogP contribution in [0.1, 0.15) is 18.9 Å². The lowest BCUT2D eigenvalue weighted by molar-refractivity contribution is 0.570. The van der Waals surface area contributed by atoms with Crippen LogP contribution in [0.3, 0.4) is 0 Å². The van der Waals surface area contributed by atoms with E-state index in [1.165, 1.54) is 0 Å². The predicted octanol–water partition coefficient (Wildman–Crippen LogP) is 1.61. The lowest BCUT2D eigenvalue weighted by Gasteiger charge is -2.11. The summed E-state index contributed by atoms with van der Waals surface area (Å²) in [6.45, 7) is 5.17. The number of rotatable bonds is 8. The minimum atomic E-state index is 0.575. The van der Waals surface area contributed by atoms with E-state index in [1.54, 1.807) is 23.3 Å². The molecule has 0 bridgehead atoms. The molecule has 26 heavy (non-hydrogen) atoms. The number of nitrogens with one attached hydrogen (secondary N) is 2. The second-order valence-corrected chi connectivity index (χ2v) is 5.72. The minimum absolute atomic E-state index is 0.575. The van der Waals surface area contributed by atoms with Gasteiger partial charge in [0, 0.05) is 50.6 Å². The third kappa shape index (κ3) is 5.17. The Kier molecular flexibility index (Phi) is 6.35. The monoisotopic (exact) mass is 352 g/mol. The Labute approximate surface area is 153 Å². The van der Waals surface area contributed by atoms with Crippen molar-refractivity contribution in [2.45, 2.75) is 26.4 Å². The standard InChI is InChI=1S/C18H24N8/c1-2-19-18(21-7-3-11-25-12-4-8-23-25)22-15-16-6-10-20-17(14-16)26-13-5-9-24-26/h4-6,8-10,12-14H,2-3,7,11,15H2,1H3,(H2,19,21,22). The van der Waals surface area contributed by atoms with Gasteiger partial charge in [-0.2, -0.15) is 10.2 Å². The van der Waals surface area contributed by atoms with E-state index in [4.69, 9.17) is 0 Å². The molecule has 0 spiro atoms. The van der Waals surface area contributed by atoms with E-state index < -0.39 is 0 Å². The van der Waals surface area contributed by atoms with E-state index >= 15 is 0 Å². The minimum Gasteiger partial charge on any atom is -0.357 e. The third-order valence-electron chi connectivity index (χ3n) is 3.73.